The lowest BCUT2D eigenvalue weighted by atomic mass is 9.68. The maximum atomic E-state index is 6.67. The van der Waals surface area contributed by atoms with Gasteiger partial charge >= 0.3 is 0 Å². The molecule has 0 aromatic heterocycles. The minimum Gasteiger partial charge on any atom is -0.423 e. The van der Waals surface area contributed by atoms with Crippen LogP contribution in [-0.2, 0) is 10.3 Å². The summed E-state index contributed by atoms with van der Waals surface area (Å²) in [4.78, 5) is 0. The number of hydrogen-bond acceptors (Lipinski definition) is 1. The van der Waals surface area contributed by atoms with Crippen molar-refractivity contribution < 1.29 is 4.65 Å². The van der Waals surface area contributed by atoms with Crippen LogP contribution in [0.2, 0.25) is 13.6 Å². The summed E-state index contributed by atoms with van der Waals surface area (Å²) >= 11 is 0. The summed E-state index contributed by atoms with van der Waals surface area (Å²) in [6.45, 7) is 9.01. The van der Waals surface area contributed by atoms with Crippen LogP contribution in [0.15, 0.2) is 60.7 Å². The Morgan fingerprint density at radius 2 is 1.39 bits per heavy atom. The summed E-state index contributed by atoms with van der Waals surface area (Å²) in [5.74, 6) is 0.412. The molecule has 0 bridgehead atoms. The van der Waals surface area contributed by atoms with Crippen molar-refractivity contribution in [2.24, 2.45) is 5.92 Å². The van der Waals surface area contributed by atoms with Crippen LogP contribution in [0.25, 0.3) is 0 Å². The van der Waals surface area contributed by atoms with E-state index >= 15 is 0 Å². The molecule has 0 heterocycles. The van der Waals surface area contributed by atoms with Crippen LogP contribution < -0.4 is 0 Å². The summed E-state index contributed by atoms with van der Waals surface area (Å²) in [5, 5.41) is 0. The average Bonchev–Trinajstić information content (AvgIpc) is 2.59. The summed E-state index contributed by atoms with van der Waals surface area (Å²) < 4.78 is 6.67. The Hall–Kier alpha value is -1.54. The first-order chi connectivity index (χ1) is 11.1. The molecule has 0 spiro atoms. The molecule has 0 amide bonds. The molecule has 1 nitrogen and oxygen atoms in total. The van der Waals surface area contributed by atoms with E-state index in [-0.39, 0.29) is 12.5 Å². The summed E-state index contributed by atoms with van der Waals surface area (Å²) in [5.41, 5.74) is 2.12. The fourth-order valence-electron chi connectivity index (χ4n) is 3.44. The molecule has 1 atom stereocenters. The van der Waals surface area contributed by atoms with Gasteiger partial charge in [-0.3, -0.25) is 0 Å². The fourth-order valence-corrected chi connectivity index (χ4v) is 3.44. The molecule has 23 heavy (non-hydrogen) atoms. The smallest absolute Gasteiger partial charge is 0.288 e. The van der Waals surface area contributed by atoms with E-state index < -0.39 is 0 Å². The molecule has 2 heteroatoms. The van der Waals surface area contributed by atoms with E-state index in [4.69, 9.17) is 4.65 Å². The first-order valence-corrected chi connectivity index (χ1v) is 8.90. The summed E-state index contributed by atoms with van der Waals surface area (Å²) in [6, 6.07) is 21.4. The van der Waals surface area contributed by atoms with E-state index in [0.717, 1.165) is 6.42 Å². The highest BCUT2D eigenvalue weighted by Gasteiger charge is 2.41. The van der Waals surface area contributed by atoms with Crippen molar-refractivity contribution in [3.8, 4) is 0 Å². The van der Waals surface area contributed by atoms with Gasteiger partial charge in [0.2, 0.25) is 0 Å². The minimum absolute atomic E-state index is 0.166. The molecule has 0 saturated carbocycles. The lowest BCUT2D eigenvalue weighted by Crippen LogP contribution is -2.41. The van der Waals surface area contributed by atoms with E-state index in [1.807, 2.05) is 0 Å². The quantitative estimate of drug-likeness (QED) is 0.541. The normalized spacial score (nSPS) is 12.9. The molecule has 2 aromatic rings. The maximum Gasteiger partial charge on any atom is 0.288 e. The second-order valence-electron chi connectivity index (χ2n) is 6.68. The summed E-state index contributed by atoms with van der Waals surface area (Å²) in [6.07, 6.45) is 3.60. The number of hydrogen-bond donors (Lipinski definition) is 0. The van der Waals surface area contributed by atoms with E-state index in [1.165, 1.54) is 24.0 Å². The molecule has 0 fully saturated rings. The Balaban J connectivity index is 2.58. The highest BCUT2D eigenvalue weighted by Crippen LogP contribution is 2.43. The predicted molar refractivity (Wildman–Crippen MR) is 101 cm³/mol. The Bertz CT molecular complexity index is 525. The standard InChI is InChI=1S/C21H29BO/c1-5-6-13-18(2)21(23-22(3)4,19-14-9-7-10-15-19)20-16-11-8-12-17-20/h7-12,14-18H,5-6,13H2,1-4H3. The first kappa shape index (κ1) is 17.8. The van der Waals surface area contributed by atoms with Gasteiger partial charge in [0.1, 0.15) is 5.60 Å². The van der Waals surface area contributed by atoms with Crippen molar-refractivity contribution in [3.05, 3.63) is 71.8 Å². The van der Waals surface area contributed by atoms with Crippen LogP contribution in [0.3, 0.4) is 0 Å². The Labute approximate surface area is 142 Å². The maximum absolute atomic E-state index is 6.67. The molecule has 0 aliphatic rings. The molecular weight excluding hydrogens is 279 g/mol. The molecule has 0 radical (unpaired) electrons. The van der Waals surface area contributed by atoms with Gasteiger partial charge in [0.15, 0.2) is 0 Å². The SMILES string of the molecule is CCCCC(C)C(OB(C)C)(c1ccccc1)c1ccccc1. The zero-order chi connectivity index (χ0) is 16.7. The molecule has 0 aliphatic heterocycles. The van der Waals surface area contributed by atoms with Gasteiger partial charge in [-0.15, -0.1) is 0 Å². The first-order valence-electron chi connectivity index (χ1n) is 8.90. The van der Waals surface area contributed by atoms with Gasteiger partial charge in [0, 0.05) is 0 Å². The highest BCUT2D eigenvalue weighted by atomic mass is 16.5. The third-order valence-corrected chi connectivity index (χ3v) is 4.51. The van der Waals surface area contributed by atoms with Gasteiger partial charge in [0.05, 0.1) is 0 Å². The molecule has 0 aliphatic carbocycles. The van der Waals surface area contributed by atoms with Crippen molar-refractivity contribution in [1.29, 1.82) is 0 Å². The monoisotopic (exact) mass is 308 g/mol. The van der Waals surface area contributed by atoms with Crippen molar-refractivity contribution >= 4 is 6.92 Å². The van der Waals surface area contributed by atoms with Gasteiger partial charge in [-0.2, -0.15) is 0 Å². The molecule has 1 unspecified atom stereocenters. The van der Waals surface area contributed by atoms with E-state index in [2.05, 4.69) is 88.2 Å². The molecule has 0 saturated heterocycles. The van der Waals surface area contributed by atoms with Crippen LogP contribution in [0.4, 0.5) is 0 Å². The second-order valence-corrected chi connectivity index (χ2v) is 6.68. The van der Waals surface area contributed by atoms with Crippen LogP contribution in [0.5, 0.6) is 0 Å². The van der Waals surface area contributed by atoms with E-state index in [9.17, 15) is 0 Å². The van der Waals surface area contributed by atoms with Crippen molar-refractivity contribution in [2.75, 3.05) is 0 Å². The highest BCUT2D eigenvalue weighted by molar-refractivity contribution is 6.48. The summed E-state index contributed by atoms with van der Waals surface area (Å²) in [7, 11) is 0. The van der Waals surface area contributed by atoms with Gasteiger partial charge in [0.25, 0.3) is 6.92 Å². The third kappa shape index (κ3) is 4.06. The zero-order valence-corrected chi connectivity index (χ0v) is 15.0. The van der Waals surface area contributed by atoms with Crippen LogP contribution >= 0.6 is 0 Å². The van der Waals surface area contributed by atoms with Crippen molar-refractivity contribution in [3.63, 3.8) is 0 Å². The molecular formula is C21H29BO. The van der Waals surface area contributed by atoms with Crippen LogP contribution in [0.1, 0.15) is 44.2 Å². The molecule has 2 aromatic carbocycles. The molecule has 2 rings (SSSR count). The van der Waals surface area contributed by atoms with Crippen LogP contribution in [-0.4, -0.2) is 6.92 Å². The Kier molecular flexibility index (Phi) is 6.47. The lowest BCUT2D eigenvalue weighted by molar-refractivity contribution is 0.0453. The van der Waals surface area contributed by atoms with Gasteiger partial charge in [-0.05, 0) is 23.5 Å². The Morgan fingerprint density at radius 1 is 0.913 bits per heavy atom. The molecule has 122 valence electrons. The fraction of sp³-hybridized carbons (Fsp3) is 0.429. The van der Waals surface area contributed by atoms with Crippen LogP contribution in [0, 0.1) is 5.92 Å². The largest absolute Gasteiger partial charge is 0.423 e. The minimum atomic E-state index is -0.383. The van der Waals surface area contributed by atoms with E-state index in [0.29, 0.717) is 5.92 Å². The second kappa shape index (κ2) is 8.35. The lowest BCUT2D eigenvalue weighted by Gasteiger charge is -2.42. The number of rotatable bonds is 8. The molecule has 0 N–H and O–H groups in total. The van der Waals surface area contributed by atoms with Gasteiger partial charge in [-0.25, -0.2) is 0 Å². The van der Waals surface area contributed by atoms with Crippen molar-refractivity contribution in [2.45, 2.75) is 52.4 Å². The Morgan fingerprint density at radius 3 is 1.78 bits per heavy atom. The van der Waals surface area contributed by atoms with Gasteiger partial charge < -0.3 is 4.65 Å². The third-order valence-electron chi connectivity index (χ3n) is 4.51. The number of benzene rings is 2. The average molecular weight is 308 g/mol. The predicted octanol–water partition coefficient (Wildman–Crippen LogP) is 6.02. The topological polar surface area (TPSA) is 9.23 Å². The van der Waals surface area contributed by atoms with Crippen molar-refractivity contribution in [1.82, 2.24) is 0 Å². The zero-order valence-electron chi connectivity index (χ0n) is 15.0. The number of unbranched alkanes of at least 4 members (excludes halogenated alkanes) is 1. The van der Waals surface area contributed by atoms with E-state index in [1.54, 1.807) is 0 Å². The van der Waals surface area contributed by atoms with Gasteiger partial charge in [-0.1, -0.05) is 101 Å².